The van der Waals surface area contributed by atoms with Crippen LogP contribution in [0.4, 0.5) is 10.2 Å². The van der Waals surface area contributed by atoms with Crippen molar-refractivity contribution >= 4 is 5.82 Å². The number of furan rings is 1. The van der Waals surface area contributed by atoms with Gasteiger partial charge in [0.2, 0.25) is 0 Å². The molecule has 2 rings (SSSR count). The van der Waals surface area contributed by atoms with Crippen LogP contribution in [0, 0.1) is 5.82 Å². The largest absolute Gasteiger partial charge is 0.467 e. The molecule has 0 aliphatic rings. The fourth-order valence-electron chi connectivity index (χ4n) is 1.84. The van der Waals surface area contributed by atoms with E-state index >= 15 is 0 Å². The third-order valence-corrected chi connectivity index (χ3v) is 2.74. The lowest BCUT2D eigenvalue weighted by Gasteiger charge is -2.23. The summed E-state index contributed by atoms with van der Waals surface area (Å²) in [5.74, 6) is 1.18. The van der Waals surface area contributed by atoms with E-state index in [1.54, 1.807) is 6.26 Å². The minimum Gasteiger partial charge on any atom is -0.467 e. The van der Waals surface area contributed by atoms with Crippen LogP contribution in [-0.4, -0.2) is 11.5 Å². The van der Waals surface area contributed by atoms with Gasteiger partial charge in [-0.25, -0.2) is 9.37 Å². The Kier molecular flexibility index (Phi) is 3.94. The van der Waals surface area contributed by atoms with Gasteiger partial charge in [-0.15, -0.1) is 0 Å². The zero-order chi connectivity index (χ0) is 13.0. The Labute approximate surface area is 105 Å². The monoisotopic (exact) mass is 249 g/mol. The number of nitrogens with zero attached hydrogens (tertiary/aromatic N) is 2. The Hall–Kier alpha value is -1.88. The lowest BCUT2D eigenvalue weighted by Crippen LogP contribution is -2.25. The van der Waals surface area contributed by atoms with Crippen molar-refractivity contribution in [2.45, 2.75) is 20.0 Å². The third-order valence-electron chi connectivity index (χ3n) is 2.74. The van der Waals surface area contributed by atoms with Crippen molar-refractivity contribution in [1.82, 2.24) is 4.98 Å². The van der Waals surface area contributed by atoms with Crippen molar-refractivity contribution in [3.63, 3.8) is 0 Å². The molecule has 0 fully saturated rings. The molecule has 0 saturated carbocycles. The molecule has 0 spiro atoms. The van der Waals surface area contributed by atoms with Crippen LogP contribution in [-0.2, 0) is 13.1 Å². The van der Waals surface area contributed by atoms with Gasteiger partial charge in [0, 0.05) is 18.7 Å². The quantitative estimate of drug-likeness (QED) is 0.883. The molecule has 4 nitrogen and oxygen atoms in total. The molecule has 0 radical (unpaired) electrons. The normalized spacial score (nSPS) is 10.6. The summed E-state index contributed by atoms with van der Waals surface area (Å²) < 4.78 is 18.4. The summed E-state index contributed by atoms with van der Waals surface area (Å²) in [5, 5.41) is 0. The van der Waals surface area contributed by atoms with Gasteiger partial charge in [0.05, 0.1) is 19.0 Å². The van der Waals surface area contributed by atoms with Crippen molar-refractivity contribution < 1.29 is 8.81 Å². The Morgan fingerprint density at radius 3 is 2.94 bits per heavy atom. The molecular formula is C13H16FN3O. The van der Waals surface area contributed by atoms with Gasteiger partial charge in [-0.3, -0.25) is 0 Å². The molecule has 2 aromatic rings. The second-order valence-corrected chi connectivity index (χ2v) is 3.93. The number of aromatic nitrogens is 1. The molecule has 0 unspecified atom stereocenters. The maximum Gasteiger partial charge on any atom is 0.141 e. The van der Waals surface area contributed by atoms with Gasteiger partial charge in [-0.1, -0.05) is 0 Å². The second-order valence-electron chi connectivity index (χ2n) is 3.93. The highest BCUT2D eigenvalue weighted by molar-refractivity contribution is 5.47. The molecule has 0 bridgehead atoms. The van der Waals surface area contributed by atoms with E-state index in [1.165, 1.54) is 12.3 Å². The van der Waals surface area contributed by atoms with E-state index in [0.29, 0.717) is 17.9 Å². The number of hydrogen-bond acceptors (Lipinski definition) is 4. The van der Waals surface area contributed by atoms with E-state index in [2.05, 4.69) is 4.98 Å². The Bertz CT molecular complexity index is 499. The average molecular weight is 249 g/mol. The summed E-state index contributed by atoms with van der Waals surface area (Å²) in [6, 6.07) is 5.16. The standard InChI is InChI=1S/C13H16FN3O/c1-2-17(9-12-4-3-5-18-12)13-10(7-15)6-11(14)8-16-13/h3-6,8H,2,7,9,15H2,1H3. The van der Waals surface area contributed by atoms with Crippen molar-refractivity contribution in [1.29, 1.82) is 0 Å². The SMILES string of the molecule is CCN(Cc1ccco1)c1ncc(F)cc1CN. The minimum atomic E-state index is -0.367. The predicted octanol–water partition coefficient (Wildman–Crippen LogP) is 2.30. The molecule has 2 N–H and O–H groups in total. The molecule has 5 heteroatoms. The number of halogens is 1. The highest BCUT2D eigenvalue weighted by Crippen LogP contribution is 2.20. The Morgan fingerprint density at radius 1 is 1.50 bits per heavy atom. The van der Waals surface area contributed by atoms with Gasteiger partial charge < -0.3 is 15.1 Å². The van der Waals surface area contributed by atoms with E-state index in [4.69, 9.17) is 10.2 Å². The third kappa shape index (κ3) is 2.68. The molecule has 0 aliphatic heterocycles. The maximum atomic E-state index is 13.1. The van der Waals surface area contributed by atoms with E-state index in [9.17, 15) is 4.39 Å². The van der Waals surface area contributed by atoms with Crippen LogP contribution in [0.5, 0.6) is 0 Å². The highest BCUT2D eigenvalue weighted by Gasteiger charge is 2.13. The van der Waals surface area contributed by atoms with Crippen LogP contribution in [0.2, 0.25) is 0 Å². The van der Waals surface area contributed by atoms with Crippen LogP contribution < -0.4 is 10.6 Å². The molecule has 0 amide bonds. The zero-order valence-corrected chi connectivity index (χ0v) is 10.3. The van der Waals surface area contributed by atoms with E-state index in [1.807, 2.05) is 24.0 Å². The van der Waals surface area contributed by atoms with Gasteiger partial charge in [0.25, 0.3) is 0 Å². The number of rotatable bonds is 5. The zero-order valence-electron chi connectivity index (χ0n) is 10.3. The minimum absolute atomic E-state index is 0.259. The predicted molar refractivity (Wildman–Crippen MR) is 67.5 cm³/mol. The van der Waals surface area contributed by atoms with Gasteiger partial charge in [-0.05, 0) is 25.1 Å². The fraction of sp³-hybridized carbons (Fsp3) is 0.308. The summed E-state index contributed by atoms with van der Waals surface area (Å²) in [6.45, 7) is 3.60. The molecular weight excluding hydrogens is 233 g/mol. The average Bonchev–Trinajstić information content (AvgIpc) is 2.89. The molecule has 18 heavy (non-hydrogen) atoms. The van der Waals surface area contributed by atoms with Crippen molar-refractivity contribution in [2.24, 2.45) is 5.73 Å². The van der Waals surface area contributed by atoms with Crippen LogP contribution in [0.15, 0.2) is 35.1 Å². The highest BCUT2D eigenvalue weighted by atomic mass is 19.1. The first-order chi connectivity index (χ1) is 8.74. The van der Waals surface area contributed by atoms with E-state index in [0.717, 1.165) is 12.3 Å². The molecule has 0 aliphatic carbocycles. The van der Waals surface area contributed by atoms with Crippen molar-refractivity contribution in [3.05, 3.63) is 47.8 Å². The topological polar surface area (TPSA) is 55.3 Å². The van der Waals surface area contributed by atoms with Crippen LogP contribution >= 0.6 is 0 Å². The van der Waals surface area contributed by atoms with Gasteiger partial charge in [-0.2, -0.15) is 0 Å². The Morgan fingerprint density at radius 2 is 2.33 bits per heavy atom. The number of pyridine rings is 1. The van der Waals surface area contributed by atoms with Crippen LogP contribution in [0.1, 0.15) is 18.2 Å². The summed E-state index contributed by atoms with van der Waals surface area (Å²) in [5.41, 5.74) is 6.33. The molecule has 0 aromatic carbocycles. The first kappa shape index (κ1) is 12.6. The molecule has 0 atom stereocenters. The first-order valence-electron chi connectivity index (χ1n) is 5.86. The van der Waals surface area contributed by atoms with E-state index in [-0.39, 0.29) is 12.4 Å². The lowest BCUT2D eigenvalue weighted by atomic mass is 10.2. The summed E-state index contributed by atoms with van der Waals surface area (Å²) in [4.78, 5) is 6.13. The van der Waals surface area contributed by atoms with Crippen molar-refractivity contribution in [2.75, 3.05) is 11.4 Å². The Balaban J connectivity index is 2.26. The van der Waals surface area contributed by atoms with Crippen LogP contribution in [0.3, 0.4) is 0 Å². The van der Waals surface area contributed by atoms with Gasteiger partial charge >= 0.3 is 0 Å². The summed E-state index contributed by atoms with van der Waals surface area (Å²) in [7, 11) is 0. The lowest BCUT2D eigenvalue weighted by molar-refractivity contribution is 0.502. The van der Waals surface area contributed by atoms with Gasteiger partial charge in [0.1, 0.15) is 17.4 Å². The van der Waals surface area contributed by atoms with Crippen molar-refractivity contribution in [3.8, 4) is 0 Å². The van der Waals surface area contributed by atoms with Gasteiger partial charge in [0.15, 0.2) is 0 Å². The van der Waals surface area contributed by atoms with Crippen LogP contribution in [0.25, 0.3) is 0 Å². The molecule has 96 valence electrons. The summed E-state index contributed by atoms with van der Waals surface area (Å²) in [6.07, 6.45) is 2.84. The summed E-state index contributed by atoms with van der Waals surface area (Å²) >= 11 is 0. The molecule has 0 saturated heterocycles. The second kappa shape index (κ2) is 5.64. The molecule has 2 aromatic heterocycles. The smallest absolute Gasteiger partial charge is 0.141 e. The first-order valence-corrected chi connectivity index (χ1v) is 5.86. The number of nitrogens with two attached hydrogens (primary N) is 1. The number of hydrogen-bond donors (Lipinski definition) is 1. The number of anilines is 1. The fourth-order valence-corrected chi connectivity index (χ4v) is 1.84. The van der Waals surface area contributed by atoms with E-state index < -0.39 is 0 Å². The maximum absolute atomic E-state index is 13.1. The molecule has 2 heterocycles.